The van der Waals surface area contributed by atoms with Crippen molar-refractivity contribution in [2.45, 2.75) is 237 Å². The van der Waals surface area contributed by atoms with E-state index in [9.17, 15) is 0 Å². The summed E-state index contributed by atoms with van der Waals surface area (Å²) in [4.78, 5) is 14.9. The van der Waals surface area contributed by atoms with E-state index in [1.807, 2.05) is 84.9 Å². The molecule has 0 atom stereocenters. The number of rotatable bonds is 38. The van der Waals surface area contributed by atoms with Crippen LogP contribution in [0.2, 0.25) is 0 Å². The standard InChI is InChI=1S/C18H6N2S3.4C12H27P.2C8H5.2Pt/c1-3-11-5-7-13(21-11)17-15-16(20-10-9-19-15)18(23-17)14-8-6-12(4-2)22-14;4*1-4-7-10-13(11-8-5-2)12-9-6-3;2*1-2-8-6-4-3-5-7-8;;/h5-10H;4*4-12H2,1-3H3;2*3-7H;;/q-2;;;;;2*-1;2*+2/p+4. The number of hydrogen-bond donors (Lipinski definition) is 0. The second-order valence-corrected chi connectivity index (χ2v) is 39.0. The third-order valence-corrected chi connectivity index (χ3v) is 31.9. The number of hydrogen-bond acceptors (Lipinski definition) is 5. The van der Waals surface area contributed by atoms with Gasteiger partial charge in [-0.3, -0.25) is 33.6 Å². The van der Waals surface area contributed by atoms with Crippen LogP contribution in [0.5, 0.6) is 0 Å². The fraction of sp³-hybridized carbons (Fsp3) is 0.585. The molecule has 520 valence electrons. The number of aromatic nitrogens is 2. The molecule has 4 heterocycles. The summed E-state index contributed by atoms with van der Waals surface area (Å²) in [7, 11) is 0.270. The SMILES string of the molecule is CCCC[PH+](CCCC)CCCC.CCCC[PH+](CCCC)CCCC.CCCC[PH+](CCCC)CCCC.CCCC[PH+](CCCC)CCCC.[C-]#Cc1ccc(-c2sc(-c3ccc(C#[C-])s3)c3nccnc23)s1.[C-]#Cc1ccccc1.[C-]#Cc1ccccc1.[Pt+2].[Pt+2]. The molecule has 0 saturated carbocycles. The summed E-state index contributed by atoms with van der Waals surface area (Å²) in [6.07, 6.45) is 84.9. The number of thiophene rings is 3. The summed E-state index contributed by atoms with van der Waals surface area (Å²) in [5, 5.41) is 0. The van der Waals surface area contributed by atoms with Crippen LogP contribution >= 0.6 is 65.7 Å². The van der Waals surface area contributed by atoms with E-state index in [2.05, 4.69) is 117 Å². The maximum atomic E-state index is 7.26. The van der Waals surface area contributed by atoms with Gasteiger partial charge in [-0.1, -0.05) is 218 Å². The molecule has 0 aliphatic carbocycles. The van der Waals surface area contributed by atoms with Gasteiger partial charge in [0.2, 0.25) is 0 Å². The second kappa shape index (κ2) is 70.1. The van der Waals surface area contributed by atoms with Crippen LogP contribution < -0.4 is 0 Å². The summed E-state index contributed by atoms with van der Waals surface area (Å²) in [6.45, 7) is 27.8. The third-order valence-electron chi connectivity index (χ3n) is 15.7. The molecule has 0 saturated heterocycles. The summed E-state index contributed by atoms with van der Waals surface area (Å²) in [6, 6.07) is 26.5. The molecular formula is C82H128N2P4Pt2S3+4. The smallest absolute Gasteiger partial charge is 0.366 e. The average Bonchev–Trinajstić information content (AvgIpc) is 1.63. The zero-order valence-electron chi connectivity index (χ0n) is 60.4. The van der Waals surface area contributed by atoms with Crippen molar-refractivity contribution in [3.05, 3.63) is 144 Å². The van der Waals surface area contributed by atoms with Crippen LogP contribution in [0, 0.1) is 49.4 Å². The predicted octanol–water partition coefficient (Wildman–Crippen LogP) is 26.7. The Labute approximate surface area is 621 Å². The topological polar surface area (TPSA) is 25.8 Å². The quantitative estimate of drug-likeness (QED) is 0.0219. The van der Waals surface area contributed by atoms with Crippen LogP contribution in [0.25, 0.3) is 30.5 Å². The molecule has 6 rings (SSSR count). The molecule has 0 spiro atoms. The summed E-state index contributed by atoms with van der Waals surface area (Å²) in [5.41, 5.74) is 3.40. The van der Waals surface area contributed by atoms with Crippen molar-refractivity contribution in [2.24, 2.45) is 0 Å². The van der Waals surface area contributed by atoms with Crippen LogP contribution in [0.1, 0.15) is 258 Å². The van der Waals surface area contributed by atoms with E-state index in [-0.39, 0.29) is 73.8 Å². The minimum absolute atomic E-state index is 0. The van der Waals surface area contributed by atoms with Crippen LogP contribution in [-0.2, 0) is 42.1 Å². The molecule has 2 aromatic carbocycles. The van der Waals surface area contributed by atoms with Crippen molar-refractivity contribution in [3.8, 4) is 43.2 Å². The molecule has 0 bridgehead atoms. The Hall–Kier alpha value is -1.78. The van der Waals surface area contributed by atoms with Crippen LogP contribution in [0.3, 0.4) is 0 Å². The van der Waals surface area contributed by atoms with Crippen molar-refractivity contribution in [2.75, 3.05) is 73.9 Å². The van der Waals surface area contributed by atoms with Crippen LogP contribution in [-0.4, -0.2) is 83.9 Å². The molecule has 0 fully saturated rings. The Kier molecular flexibility index (Phi) is 71.9. The molecule has 0 amide bonds. The average molecular weight is 1750 g/mol. The molecule has 0 aliphatic heterocycles. The van der Waals surface area contributed by atoms with Crippen molar-refractivity contribution in [1.82, 2.24) is 9.97 Å². The second-order valence-electron chi connectivity index (χ2n) is 23.8. The van der Waals surface area contributed by atoms with Crippen LogP contribution in [0.4, 0.5) is 0 Å². The maximum Gasteiger partial charge on any atom is 2.00 e. The van der Waals surface area contributed by atoms with Gasteiger partial charge in [-0.05, 0) is 77.0 Å². The van der Waals surface area contributed by atoms with E-state index in [4.69, 9.17) is 25.7 Å². The summed E-state index contributed by atoms with van der Waals surface area (Å²) >= 11 is 4.69. The summed E-state index contributed by atoms with van der Waals surface area (Å²) < 4.78 is 0. The van der Waals surface area contributed by atoms with Crippen molar-refractivity contribution in [1.29, 1.82) is 0 Å². The maximum absolute atomic E-state index is 7.26. The van der Waals surface area contributed by atoms with E-state index >= 15 is 0 Å². The largest absolute Gasteiger partial charge is 2.00 e. The fourth-order valence-electron chi connectivity index (χ4n) is 9.92. The molecule has 0 N–H and O–H groups in total. The number of nitrogens with zero attached hydrogens (tertiary/aromatic N) is 2. The molecule has 0 aliphatic rings. The van der Waals surface area contributed by atoms with E-state index in [0.717, 1.165) is 51.4 Å². The van der Waals surface area contributed by atoms with Gasteiger partial charge in [0.25, 0.3) is 0 Å². The van der Waals surface area contributed by atoms with Gasteiger partial charge in [0.1, 0.15) is 11.0 Å². The Balaban J connectivity index is -0.00000104. The molecule has 6 aromatic rings. The first-order valence-electron chi connectivity index (χ1n) is 36.1. The van der Waals surface area contributed by atoms with Crippen molar-refractivity contribution < 1.29 is 42.1 Å². The number of unbranched alkanes of at least 4 members (excludes halogenated alkanes) is 12. The Morgan fingerprint density at radius 3 is 0.667 bits per heavy atom. The number of fused-ring (bicyclic) bond motifs is 1. The first-order chi connectivity index (χ1) is 44.5. The summed E-state index contributed by atoms with van der Waals surface area (Å²) in [5.74, 6) is 9.40. The van der Waals surface area contributed by atoms with Crippen LogP contribution in [0.15, 0.2) is 97.3 Å². The zero-order valence-corrected chi connectivity index (χ0v) is 71.4. The molecular weight excluding hydrogens is 1620 g/mol. The Morgan fingerprint density at radius 2 is 0.505 bits per heavy atom. The van der Waals surface area contributed by atoms with E-state index in [0.29, 0.717) is 0 Å². The van der Waals surface area contributed by atoms with Crippen molar-refractivity contribution >= 4 is 76.7 Å². The first kappa shape index (κ1) is 95.4. The molecule has 0 radical (unpaired) electrons. The predicted molar refractivity (Wildman–Crippen MR) is 432 cm³/mol. The van der Waals surface area contributed by atoms with Gasteiger partial charge in [-0.15, -0.1) is 58.9 Å². The van der Waals surface area contributed by atoms with Gasteiger partial charge >= 0.3 is 42.1 Å². The van der Waals surface area contributed by atoms with Gasteiger partial charge in [-0.25, -0.2) is 22.7 Å². The van der Waals surface area contributed by atoms with Gasteiger partial charge < -0.3 is 25.7 Å². The minimum Gasteiger partial charge on any atom is -0.366 e. The van der Waals surface area contributed by atoms with Gasteiger partial charge in [-0.2, -0.15) is 0 Å². The molecule has 93 heavy (non-hydrogen) atoms. The van der Waals surface area contributed by atoms with Gasteiger partial charge in [0.15, 0.2) is 0 Å². The van der Waals surface area contributed by atoms with E-state index in [1.165, 1.54) is 177 Å². The molecule has 2 nitrogen and oxygen atoms in total. The number of benzene rings is 2. The normalized spacial score (nSPS) is 10.2. The van der Waals surface area contributed by atoms with Crippen molar-refractivity contribution in [3.63, 3.8) is 0 Å². The van der Waals surface area contributed by atoms with E-state index < -0.39 is 0 Å². The molecule has 0 unspecified atom stereocenters. The first-order valence-corrected chi connectivity index (χ1v) is 47.1. The molecule has 11 heteroatoms. The fourth-order valence-corrected chi connectivity index (χ4v) is 26.2. The molecule has 4 aromatic heterocycles. The van der Waals surface area contributed by atoms with Gasteiger partial charge in [0.05, 0.1) is 83.7 Å². The Morgan fingerprint density at radius 1 is 0.290 bits per heavy atom. The third kappa shape index (κ3) is 49.4. The van der Waals surface area contributed by atoms with E-state index in [1.54, 1.807) is 97.7 Å². The van der Waals surface area contributed by atoms with Gasteiger partial charge in [0, 0.05) is 53.8 Å². The minimum atomic E-state index is 0. The zero-order chi connectivity index (χ0) is 67.2. The Bertz CT molecular complexity index is 2420. The monoisotopic (exact) mass is 1750 g/mol.